The zero-order valence-corrected chi connectivity index (χ0v) is 11.8. The van der Waals surface area contributed by atoms with Crippen LogP contribution >= 0.6 is 0 Å². The van der Waals surface area contributed by atoms with E-state index in [0.717, 1.165) is 18.9 Å². The number of rotatable bonds is 4. The molecule has 6 nitrogen and oxygen atoms in total. The first-order valence-electron chi connectivity index (χ1n) is 6.64. The monoisotopic (exact) mass is 266 g/mol. The van der Waals surface area contributed by atoms with E-state index in [1.165, 1.54) is 0 Å². The second-order valence-corrected chi connectivity index (χ2v) is 5.33. The number of hydrogen-bond acceptors (Lipinski definition) is 6. The molecule has 2 N–H and O–H groups in total. The summed E-state index contributed by atoms with van der Waals surface area (Å²) in [5.41, 5.74) is -0.297. The lowest BCUT2D eigenvalue weighted by Crippen LogP contribution is -2.54. The van der Waals surface area contributed by atoms with Crippen LogP contribution in [0.15, 0.2) is 12.3 Å². The summed E-state index contributed by atoms with van der Waals surface area (Å²) in [6.45, 7) is 8.25. The summed E-state index contributed by atoms with van der Waals surface area (Å²) < 4.78 is 5.80. The minimum Gasteiger partial charge on any atom is -0.394 e. The Morgan fingerprint density at radius 3 is 3.05 bits per heavy atom. The van der Waals surface area contributed by atoms with Crippen LogP contribution in [0.1, 0.15) is 20.8 Å². The molecule has 2 rings (SSSR count). The zero-order valence-electron chi connectivity index (χ0n) is 11.8. The molecule has 0 radical (unpaired) electrons. The van der Waals surface area contributed by atoms with Gasteiger partial charge >= 0.3 is 0 Å². The lowest BCUT2D eigenvalue weighted by molar-refractivity contribution is -0.101. The maximum Gasteiger partial charge on any atom is 0.224 e. The maximum absolute atomic E-state index is 9.33. The third-order valence-corrected chi connectivity index (χ3v) is 2.98. The van der Waals surface area contributed by atoms with Crippen molar-refractivity contribution in [2.75, 3.05) is 36.5 Å². The van der Waals surface area contributed by atoms with Crippen molar-refractivity contribution in [2.24, 2.45) is 0 Å². The molecule has 6 heteroatoms. The molecule has 1 aliphatic rings. The second kappa shape index (κ2) is 5.71. The number of nitrogens with one attached hydrogen (secondary N) is 1. The minimum atomic E-state index is -0.297. The Bertz CT molecular complexity index is 425. The van der Waals surface area contributed by atoms with E-state index >= 15 is 0 Å². The van der Waals surface area contributed by atoms with Gasteiger partial charge in [0.05, 0.1) is 18.3 Å². The van der Waals surface area contributed by atoms with Crippen molar-refractivity contribution in [3.05, 3.63) is 12.3 Å². The van der Waals surface area contributed by atoms with E-state index in [2.05, 4.69) is 20.2 Å². The largest absolute Gasteiger partial charge is 0.394 e. The highest BCUT2D eigenvalue weighted by Gasteiger charge is 2.33. The molecule has 1 aromatic heterocycles. The average molecular weight is 266 g/mol. The van der Waals surface area contributed by atoms with E-state index in [9.17, 15) is 5.11 Å². The smallest absolute Gasteiger partial charge is 0.224 e. The molecule has 0 amide bonds. The Morgan fingerprint density at radius 1 is 1.58 bits per heavy atom. The Balaban J connectivity index is 2.17. The van der Waals surface area contributed by atoms with Crippen molar-refractivity contribution >= 4 is 11.8 Å². The van der Waals surface area contributed by atoms with Gasteiger partial charge in [-0.15, -0.1) is 0 Å². The molecule has 1 saturated heterocycles. The molecule has 0 saturated carbocycles. The highest BCUT2D eigenvalue weighted by molar-refractivity contribution is 5.43. The molecule has 0 bridgehead atoms. The van der Waals surface area contributed by atoms with Crippen LogP contribution in [0, 0.1) is 0 Å². The molecular formula is C13H22N4O2. The normalized spacial score (nSPS) is 22.3. The van der Waals surface area contributed by atoms with Crippen molar-refractivity contribution in [3.63, 3.8) is 0 Å². The highest BCUT2D eigenvalue weighted by atomic mass is 16.5. The van der Waals surface area contributed by atoms with Gasteiger partial charge in [0.1, 0.15) is 5.82 Å². The SMILES string of the molecule is CCNc1nccc(N2CC(CO)OC(C)(C)C2)n1. The molecule has 106 valence electrons. The predicted molar refractivity (Wildman–Crippen MR) is 74.4 cm³/mol. The molecule has 0 aromatic carbocycles. The van der Waals surface area contributed by atoms with E-state index < -0.39 is 0 Å². The summed E-state index contributed by atoms with van der Waals surface area (Å²) in [5.74, 6) is 1.49. The first-order valence-corrected chi connectivity index (χ1v) is 6.64. The molecular weight excluding hydrogens is 244 g/mol. The predicted octanol–water partition coefficient (Wildman–Crippen LogP) is 0.884. The zero-order chi connectivity index (χ0) is 13.9. The Hall–Kier alpha value is -1.40. The van der Waals surface area contributed by atoms with Gasteiger partial charge in [-0.2, -0.15) is 4.98 Å². The number of anilines is 2. The second-order valence-electron chi connectivity index (χ2n) is 5.33. The van der Waals surface area contributed by atoms with Gasteiger partial charge in [-0.25, -0.2) is 4.98 Å². The van der Waals surface area contributed by atoms with Gasteiger partial charge in [0, 0.05) is 25.8 Å². The van der Waals surface area contributed by atoms with Crippen LogP contribution in [0.5, 0.6) is 0 Å². The van der Waals surface area contributed by atoms with E-state index in [1.807, 2.05) is 26.8 Å². The summed E-state index contributed by atoms with van der Waals surface area (Å²) in [7, 11) is 0. The summed E-state index contributed by atoms with van der Waals surface area (Å²) in [5, 5.41) is 12.4. The van der Waals surface area contributed by atoms with Crippen LogP contribution in [0.4, 0.5) is 11.8 Å². The number of hydrogen-bond donors (Lipinski definition) is 2. The minimum absolute atomic E-state index is 0.0189. The van der Waals surface area contributed by atoms with Crippen LogP contribution < -0.4 is 10.2 Å². The van der Waals surface area contributed by atoms with Crippen molar-refractivity contribution in [3.8, 4) is 0 Å². The first-order chi connectivity index (χ1) is 9.04. The van der Waals surface area contributed by atoms with Crippen LogP contribution in [-0.4, -0.2) is 53.0 Å². The molecule has 1 unspecified atom stereocenters. The lowest BCUT2D eigenvalue weighted by Gasteiger charge is -2.42. The van der Waals surface area contributed by atoms with Crippen LogP contribution in [0.25, 0.3) is 0 Å². The van der Waals surface area contributed by atoms with E-state index in [0.29, 0.717) is 12.5 Å². The Kier molecular flexibility index (Phi) is 4.21. The fourth-order valence-corrected chi connectivity index (χ4v) is 2.33. The molecule has 1 atom stereocenters. The van der Waals surface area contributed by atoms with Gasteiger partial charge in [-0.1, -0.05) is 0 Å². The third kappa shape index (κ3) is 3.54. The quantitative estimate of drug-likeness (QED) is 0.843. The highest BCUT2D eigenvalue weighted by Crippen LogP contribution is 2.25. The number of aromatic nitrogens is 2. The number of aliphatic hydroxyl groups is 1. The molecule has 0 spiro atoms. The van der Waals surface area contributed by atoms with Crippen molar-refractivity contribution in [1.29, 1.82) is 0 Å². The third-order valence-electron chi connectivity index (χ3n) is 2.98. The molecule has 0 aliphatic carbocycles. The van der Waals surface area contributed by atoms with Crippen molar-refractivity contribution < 1.29 is 9.84 Å². The van der Waals surface area contributed by atoms with Gasteiger partial charge < -0.3 is 20.1 Å². The van der Waals surface area contributed by atoms with Gasteiger partial charge in [-0.3, -0.25) is 0 Å². The van der Waals surface area contributed by atoms with Crippen LogP contribution in [-0.2, 0) is 4.74 Å². The summed E-state index contributed by atoms with van der Waals surface area (Å²) in [6.07, 6.45) is 1.57. The Labute approximate surface area is 113 Å². The fourth-order valence-electron chi connectivity index (χ4n) is 2.33. The standard InChI is InChI=1S/C13H22N4O2/c1-4-14-12-15-6-5-11(16-12)17-7-10(8-18)19-13(2,3)9-17/h5-6,10,18H,4,7-9H2,1-3H3,(H,14,15,16). The van der Waals surface area contributed by atoms with Crippen molar-refractivity contribution in [1.82, 2.24) is 9.97 Å². The number of morpholine rings is 1. The van der Waals surface area contributed by atoms with Crippen LogP contribution in [0.3, 0.4) is 0 Å². The maximum atomic E-state index is 9.33. The average Bonchev–Trinajstić information content (AvgIpc) is 2.37. The molecule has 2 heterocycles. The van der Waals surface area contributed by atoms with Gasteiger partial charge in [0.15, 0.2) is 0 Å². The lowest BCUT2D eigenvalue weighted by atomic mass is 10.1. The summed E-state index contributed by atoms with van der Waals surface area (Å²) in [6, 6.07) is 1.89. The van der Waals surface area contributed by atoms with Gasteiger partial charge in [-0.05, 0) is 26.8 Å². The number of aliphatic hydroxyl groups excluding tert-OH is 1. The number of ether oxygens (including phenoxy) is 1. The van der Waals surface area contributed by atoms with Gasteiger partial charge in [0.2, 0.25) is 5.95 Å². The molecule has 1 aromatic rings. The first kappa shape index (κ1) is 14.0. The number of nitrogens with zero attached hydrogens (tertiary/aromatic N) is 3. The van der Waals surface area contributed by atoms with Crippen molar-refractivity contribution in [2.45, 2.75) is 32.5 Å². The Morgan fingerprint density at radius 2 is 2.37 bits per heavy atom. The topological polar surface area (TPSA) is 70.5 Å². The molecule has 1 aliphatic heterocycles. The summed E-state index contributed by atoms with van der Waals surface area (Å²) >= 11 is 0. The molecule has 19 heavy (non-hydrogen) atoms. The van der Waals surface area contributed by atoms with E-state index in [4.69, 9.17) is 4.74 Å². The van der Waals surface area contributed by atoms with E-state index in [-0.39, 0.29) is 18.3 Å². The van der Waals surface area contributed by atoms with Gasteiger partial charge in [0.25, 0.3) is 0 Å². The fraction of sp³-hybridized carbons (Fsp3) is 0.692. The summed E-state index contributed by atoms with van der Waals surface area (Å²) in [4.78, 5) is 10.8. The molecule has 1 fully saturated rings. The van der Waals surface area contributed by atoms with Crippen LogP contribution in [0.2, 0.25) is 0 Å². The van der Waals surface area contributed by atoms with E-state index in [1.54, 1.807) is 6.20 Å².